The fraction of sp³-hybridized carbons (Fsp3) is 0.312. The Morgan fingerprint density at radius 1 is 1.30 bits per heavy atom. The molecule has 2 rings (SSSR count). The number of aromatic amines is 1. The summed E-state index contributed by atoms with van der Waals surface area (Å²) in [6.07, 6.45) is 1.74. The molecule has 1 aromatic carbocycles. The van der Waals surface area contributed by atoms with Crippen molar-refractivity contribution in [3.63, 3.8) is 0 Å². The summed E-state index contributed by atoms with van der Waals surface area (Å²) in [5, 5.41) is 18.3. The third kappa shape index (κ3) is 4.17. The van der Waals surface area contributed by atoms with Crippen LogP contribution in [0.5, 0.6) is 0 Å². The monoisotopic (exact) mass is 316 g/mol. The van der Waals surface area contributed by atoms with Gasteiger partial charge in [-0.2, -0.15) is 5.10 Å². The largest absolute Gasteiger partial charge is 0.480 e. The van der Waals surface area contributed by atoms with Crippen molar-refractivity contribution < 1.29 is 14.7 Å². The van der Waals surface area contributed by atoms with E-state index in [1.54, 1.807) is 24.3 Å². The smallest absolute Gasteiger partial charge is 0.320 e. The number of carboxylic acid groups (broad SMARTS) is 1. The molecule has 23 heavy (non-hydrogen) atoms. The van der Waals surface area contributed by atoms with Crippen molar-refractivity contribution in [3.05, 3.63) is 47.3 Å². The topological polar surface area (TPSA) is 121 Å². The standard InChI is InChI=1S/C16H20N4O3/c1-9(2)14-12(8-18-20-14)15(21)19-11-5-3-10(4-6-11)7-13(17)16(22)23/h3-6,8-9,13H,7,17H2,1-2H3,(H,18,20)(H,19,21)(H,22,23)/t13-/m0/s1. The molecule has 0 saturated carbocycles. The number of hydrogen-bond donors (Lipinski definition) is 4. The van der Waals surface area contributed by atoms with E-state index in [4.69, 9.17) is 10.8 Å². The second-order valence-corrected chi connectivity index (χ2v) is 5.65. The minimum absolute atomic E-state index is 0.165. The maximum absolute atomic E-state index is 12.3. The Morgan fingerprint density at radius 2 is 1.96 bits per heavy atom. The SMILES string of the molecule is CC(C)c1[nH]ncc1C(=O)Nc1ccc(C[C@H](N)C(=O)O)cc1. The molecule has 7 heteroatoms. The van der Waals surface area contributed by atoms with E-state index in [1.807, 2.05) is 13.8 Å². The molecule has 0 aliphatic heterocycles. The first-order chi connectivity index (χ1) is 10.9. The van der Waals surface area contributed by atoms with Gasteiger partial charge in [-0.3, -0.25) is 14.7 Å². The first-order valence-electron chi connectivity index (χ1n) is 7.30. The number of rotatable bonds is 6. The highest BCUT2D eigenvalue weighted by Gasteiger charge is 2.16. The summed E-state index contributed by atoms with van der Waals surface area (Å²) in [6.45, 7) is 3.95. The second kappa shape index (κ2) is 7.06. The van der Waals surface area contributed by atoms with Gasteiger partial charge in [0.15, 0.2) is 0 Å². The Morgan fingerprint density at radius 3 is 2.52 bits per heavy atom. The molecule has 0 saturated heterocycles. The summed E-state index contributed by atoms with van der Waals surface area (Å²) in [5.41, 5.74) is 8.21. The van der Waals surface area contributed by atoms with Crippen molar-refractivity contribution >= 4 is 17.6 Å². The van der Waals surface area contributed by atoms with Crippen molar-refractivity contribution in [2.24, 2.45) is 5.73 Å². The van der Waals surface area contributed by atoms with Crippen LogP contribution in [0.15, 0.2) is 30.5 Å². The molecule has 0 bridgehead atoms. The van der Waals surface area contributed by atoms with Crippen molar-refractivity contribution in [2.45, 2.75) is 32.2 Å². The Bertz CT molecular complexity index is 692. The van der Waals surface area contributed by atoms with Crippen LogP contribution in [0.1, 0.15) is 41.4 Å². The Hall–Kier alpha value is -2.67. The molecule has 1 aromatic heterocycles. The molecule has 1 amide bonds. The second-order valence-electron chi connectivity index (χ2n) is 5.65. The van der Waals surface area contributed by atoms with Crippen molar-refractivity contribution in [2.75, 3.05) is 5.32 Å². The third-order valence-electron chi connectivity index (χ3n) is 3.48. The molecule has 0 aliphatic rings. The predicted molar refractivity (Wildman–Crippen MR) is 86.4 cm³/mol. The molecule has 122 valence electrons. The number of nitrogens with one attached hydrogen (secondary N) is 2. The number of benzene rings is 1. The van der Waals surface area contributed by atoms with Crippen LogP contribution >= 0.6 is 0 Å². The molecule has 0 aliphatic carbocycles. The van der Waals surface area contributed by atoms with Crippen LogP contribution in [0, 0.1) is 0 Å². The van der Waals surface area contributed by atoms with Crippen molar-refractivity contribution in [3.8, 4) is 0 Å². The molecule has 0 radical (unpaired) electrons. The van der Waals surface area contributed by atoms with Gasteiger partial charge in [-0.25, -0.2) is 0 Å². The van der Waals surface area contributed by atoms with E-state index in [0.717, 1.165) is 11.3 Å². The first-order valence-corrected chi connectivity index (χ1v) is 7.30. The number of carbonyl (C=O) groups excluding carboxylic acids is 1. The van der Waals surface area contributed by atoms with Crippen molar-refractivity contribution in [1.29, 1.82) is 0 Å². The van der Waals surface area contributed by atoms with E-state index >= 15 is 0 Å². The molecular weight excluding hydrogens is 296 g/mol. The number of aromatic nitrogens is 2. The van der Waals surface area contributed by atoms with Gasteiger partial charge in [-0.05, 0) is 30.0 Å². The summed E-state index contributed by atoms with van der Waals surface area (Å²) >= 11 is 0. The minimum atomic E-state index is -1.04. The van der Waals surface area contributed by atoms with E-state index in [2.05, 4.69) is 15.5 Å². The number of aliphatic carboxylic acids is 1. The van der Waals surface area contributed by atoms with E-state index in [9.17, 15) is 9.59 Å². The Labute approximate surface area is 133 Å². The van der Waals surface area contributed by atoms with Gasteiger partial charge in [0, 0.05) is 5.69 Å². The van der Waals surface area contributed by atoms with Crippen LogP contribution in [0.2, 0.25) is 0 Å². The lowest BCUT2D eigenvalue weighted by Gasteiger charge is -2.09. The molecule has 2 aromatic rings. The lowest BCUT2D eigenvalue weighted by atomic mass is 10.1. The summed E-state index contributed by atoms with van der Waals surface area (Å²) in [5.74, 6) is -1.11. The quantitative estimate of drug-likeness (QED) is 0.647. The molecule has 5 N–H and O–H groups in total. The van der Waals surface area contributed by atoms with Gasteiger partial charge in [0.25, 0.3) is 5.91 Å². The van der Waals surface area contributed by atoms with Gasteiger partial charge in [0.2, 0.25) is 0 Å². The number of nitrogens with zero attached hydrogens (tertiary/aromatic N) is 1. The number of nitrogens with two attached hydrogens (primary N) is 1. The maximum atomic E-state index is 12.3. The number of carbonyl (C=O) groups is 2. The average Bonchev–Trinajstić information content (AvgIpc) is 2.99. The molecule has 1 heterocycles. The maximum Gasteiger partial charge on any atom is 0.320 e. The average molecular weight is 316 g/mol. The summed E-state index contributed by atoms with van der Waals surface area (Å²) in [4.78, 5) is 23.0. The molecule has 0 unspecified atom stereocenters. The zero-order valence-electron chi connectivity index (χ0n) is 13.0. The van der Waals surface area contributed by atoms with Crippen molar-refractivity contribution in [1.82, 2.24) is 10.2 Å². The normalized spacial score (nSPS) is 12.2. The summed E-state index contributed by atoms with van der Waals surface area (Å²) in [6, 6.07) is 6.00. The molecule has 7 nitrogen and oxygen atoms in total. The van der Waals surface area contributed by atoms with Gasteiger partial charge in [-0.1, -0.05) is 26.0 Å². The molecule has 1 atom stereocenters. The van der Waals surface area contributed by atoms with Gasteiger partial charge in [0.05, 0.1) is 17.5 Å². The zero-order chi connectivity index (χ0) is 17.0. The van der Waals surface area contributed by atoms with Gasteiger partial charge < -0.3 is 16.2 Å². The highest BCUT2D eigenvalue weighted by molar-refractivity contribution is 6.05. The predicted octanol–water partition coefficient (Wildman–Crippen LogP) is 1.74. The van der Waals surface area contributed by atoms with Crippen LogP contribution in [-0.4, -0.2) is 33.2 Å². The lowest BCUT2D eigenvalue weighted by Crippen LogP contribution is -2.32. The van der Waals surface area contributed by atoms with E-state index in [1.165, 1.54) is 6.20 Å². The van der Waals surface area contributed by atoms with Crippen LogP contribution in [0.25, 0.3) is 0 Å². The highest BCUT2D eigenvalue weighted by atomic mass is 16.4. The number of hydrogen-bond acceptors (Lipinski definition) is 4. The zero-order valence-corrected chi connectivity index (χ0v) is 13.0. The minimum Gasteiger partial charge on any atom is -0.480 e. The van der Waals surface area contributed by atoms with E-state index in [0.29, 0.717) is 11.3 Å². The van der Waals surface area contributed by atoms with Gasteiger partial charge in [0.1, 0.15) is 6.04 Å². The molecule has 0 spiro atoms. The first kappa shape index (κ1) is 16.7. The molecule has 0 fully saturated rings. The van der Waals surface area contributed by atoms with Crippen LogP contribution < -0.4 is 11.1 Å². The van der Waals surface area contributed by atoms with E-state index < -0.39 is 12.0 Å². The number of H-pyrrole nitrogens is 1. The number of amides is 1. The fourth-order valence-corrected chi connectivity index (χ4v) is 2.18. The third-order valence-corrected chi connectivity index (χ3v) is 3.48. The fourth-order valence-electron chi connectivity index (χ4n) is 2.18. The van der Waals surface area contributed by atoms with E-state index in [-0.39, 0.29) is 18.2 Å². The highest BCUT2D eigenvalue weighted by Crippen LogP contribution is 2.18. The Kier molecular flexibility index (Phi) is 5.13. The van der Waals surface area contributed by atoms with Gasteiger partial charge in [-0.15, -0.1) is 0 Å². The Balaban J connectivity index is 2.04. The van der Waals surface area contributed by atoms with Crippen LogP contribution in [0.4, 0.5) is 5.69 Å². The summed E-state index contributed by atoms with van der Waals surface area (Å²) in [7, 11) is 0. The lowest BCUT2D eigenvalue weighted by molar-refractivity contribution is -0.138. The van der Waals surface area contributed by atoms with Gasteiger partial charge >= 0.3 is 5.97 Å². The summed E-state index contributed by atoms with van der Waals surface area (Å²) < 4.78 is 0. The number of carboxylic acids is 1. The van der Waals surface area contributed by atoms with Crippen LogP contribution in [-0.2, 0) is 11.2 Å². The van der Waals surface area contributed by atoms with Crippen LogP contribution in [0.3, 0.4) is 0 Å². The molecular formula is C16H20N4O3. The number of anilines is 1.